The number of carbonyl (C=O) groups excluding carboxylic acids is 1. The van der Waals surface area contributed by atoms with Gasteiger partial charge in [-0.15, -0.1) is 5.10 Å². The van der Waals surface area contributed by atoms with Crippen molar-refractivity contribution in [3.05, 3.63) is 83.4 Å². The number of aromatic nitrogens is 3. The predicted molar refractivity (Wildman–Crippen MR) is 106 cm³/mol. The van der Waals surface area contributed by atoms with Gasteiger partial charge in [0.25, 0.3) is 5.91 Å². The molecule has 7 heteroatoms. The van der Waals surface area contributed by atoms with E-state index in [9.17, 15) is 9.18 Å². The number of ether oxygens (including phenoxy) is 1. The number of halogens is 1. The number of benzene rings is 2. The standard InChI is InChI=1S/C22H23FN4O2/c23-20-11-5-4-9-18(20)13-27-15-21(24-25-27)22(28)26-12-6-10-19(14-26)29-16-17-7-2-1-3-8-17/h1-5,7-9,11,15,19H,6,10,12-14,16H2/t19-/m0/s1. The number of hydrogen-bond donors (Lipinski definition) is 0. The van der Waals surface area contributed by atoms with Crippen molar-refractivity contribution >= 4 is 5.91 Å². The molecule has 1 fully saturated rings. The lowest BCUT2D eigenvalue weighted by Crippen LogP contribution is -2.43. The van der Waals surface area contributed by atoms with E-state index >= 15 is 0 Å². The van der Waals surface area contributed by atoms with Crippen LogP contribution in [0.25, 0.3) is 0 Å². The van der Waals surface area contributed by atoms with Crippen molar-refractivity contribution in [2.45, 2.75) is 32.1 Å². The third kappa shape index (κ3) is 4.86. The molecule has 1 aliphatic heterocycles. The maximum Gasteiger partial charge on any atom is 0.276 e. The molecule has 2 aromatic carbocycles. The van der Waals surface area contributed by atoms with Crippen LogP contribution in [-0.2, 0) is 17.9 Å². The van der Waals surface area contributed by atoms with E-state index in [4.69, 9.17) is 4.74 Å². The average molecular weight is 394 g/mol. The highest BCUT2D eigenvalue weighted by atomic mass is 19.1. The number of rotatable bonds is 6. The molecule has 0 radical (unpaired) electrons. The highest BCUT2D eigenvalue weighted by Crippen LogP contribution is 2.17. The van der Waals surface area contributed by atoms with E-state index in [1.807, 2.05) is 30.3 Å². The van der Waals surface area contributed by atoms with Gasteiger partial charge in [0, 0.05) is 18.7 Å². The van der Waals surface area contributed by atoms with E-state index in [0.717, 1.165) is 18.4 Å². The second kappa shape index (κ2) is 8.96. The van der Waals surface area contributed by atoms with Crippen LogP contribution in [-0.4, -0.2) is 45.0 Å². The molecule has 1 atom stereocenters. The van der Waals surface area contributed by atoms with Gasteiger partial charge in [-0.25, -0.2) is 9.07 Å². The van der Waals surface area contributed by atoms with Gasteiger partial charge in [0.15, 0.2) is 5.69 Å². The number of nitrogens with zero attached hydrogens (tertiary/aromatic N) is 4. The summed E-state index contributed by atoms with van der Waals surface area (Å²) in [5, 5.41) is 7.98. The number of hydrogen-bond acceptors (Lipinski definition) is 4. The number of carbonyl (C=O) groups is 1. The summed E-state index contributed by atoms with van der Waals surface area (Å²) < 4.78 is 21.3. The van der Waals surface area contributed by atoms with E-state index in [0.29, 0.717) is 25.3 Å². The molecule has 0 unspecified atom stereocenters. The Bertz CT molecular complexity index is 960. The van der Waals surface area contributed by atoms with Crippen LogP contribution in [0.15, 0.2) is 60.8 Å². The lowest BCUT2D eigenvalue weighted by atomic mass is 10.1. The van der Waals surface area contributed by atoms with Gasteiger partial charge in [0.1, 0.15) is 5.82 Å². The van der Waals surface area contributed by atoms with Crippen molar-refractivity contribution in [3.63, 3.8) is 0 Å². The summed E-state index contributed by atoms with van der Waals surface area (Å²) in [5.41, 5.74) is 1.89. The minimum absolute atomic E-state index is 0.00126. The molecule has 0 N–H and O–H groups in total. The van der Waals surface area contributed by atoms with Crippen LogP contribution in [0.2, 0.25) is 0 Å². The smallest absolute Gasteiger partial charge is 0.276 e. The third-order valence-corrected chi connectivity index (χ3v) is 5.04. The second-order valence-corrected chi connectivity index (χ2v) is 7.20. The van der Waals surface area contributed by atoms with Crippen molar-refractivity contribution in [1.29, 1.82) is 0 Å². The second-order valence-electron chi connectivity index (χ2n) is 7.20. The van der Waals surface area contributed by atoms with Gasteiger partial charge in [-0.05, 0) is 24.5 Å². The fourth-order valence-electron chi connectivity index (χ4n) is 3.48. The molecule has 4 rings (SSSR count). The zero-order chi connectivity index (χ0) is 20.1. The molecular weight excluding hydrogens is 371 g/mol. The number of piperidine rings is 1. The predicted octanol–water partition coefficient (Wildman–Crippen LogP) is 3.29. The SMILES string of the molecule is O=C(c1cn(Cc2ccccc2F)nn1)N1CCC[C@H](OCc2ccccc2)C1. The molecule has 6 nitrogen and oxygen atoms in total. The van der Waals surface area contributed by atoms with Gasteiger partial charge in [-0.2, -0.15) is 0 Å². The van der Waals surface area contributed by atoms with Crippen LogP contribution in [0.4, 0.5) is 4.39 Å². The molecule has 1 aliphatic rings. The average Bonchev–Trinajstić information content (AvgIpc) is 3.23. The molecule has 1 saturated heterocycles. The first-order valence-electron chi connectivity index (χ1n) is 9.77. The summed E-state index contributed by atoms with van der Waals surface area (Å²) in [6.07, 6.45) is 3.38. The Labute approximate surface area is 168 Å². The molecule has 3 aromatic rings. The Morgan fingerprint density at radius 1 is 1.14 bits per heavy atom. The topological polar surface area (TPSA) is 60.2 Å². The molecular formula is C22H23FN4O2. The number of likely N-dealkylation sites (tertiary alicyclic amines) is 1. The summed E-state index contributed by atoms with van der Waals surface area (Å²) in [6, 6.07) is 16.5. The van der Waals surface area contributed by atoms with Crippen molar-refractivity contribution < 1.29 is 13.9 Å². The summed E-state index contributed by atoms with van der Waals surface area (Å²) in [7, 11) is 0. The normalized spacial score (nSPS) is 16.7. The van der Waals surface area contributed by atoms with Gasteiger partial charge in [-0.1, -0.05) is 53.7 Å². The van der Waals surface area contributed by atoms with Gasteiger partial charge < -0.3 is 9.64 Å². The largest absolute Gasteiger partial charge is 0.372 e. The molecule has 0 bridgehead atoms. The van der Waals surface area contributed by atoms with Crippen molar-refractivity contribution in [2.24, 2.45) is 0 Å². The zero-order valence-electron chi connectivity index (χ0n) is 16.1. The Kier molecular flexibility index (Phi) is 5.95. The van der Waals surface area contributed by atoms with Crippen LogP contribution in [0.5, 0.6) is 0 Å². The maximum absolute atomic E-state index is 13.8. The van der Waals surface area contributed by atoms with Crippen LogP contribution in [0.3, 0.4) is 0 Å². The molecule has 1 amide bonds. The fraction of sp³-hybridized carbons (Fsp3) is 0.318. The molecule has 2 heterocycles. The van der Waals surface area contributed by atoms with E-state index in [2.05, 4.69) is 10.3 Å². The van der Waals surface area contributed by atoms with E-state index in [1.54, 1.807) is 29.3 Å². The van der Waals surface area contributed by atoms with Crippen molar-refractivity contribution in [1.82, 2.24) is 19.9 Å². The van der Waals surface area contributed by atoms with E-state index < -0.39 is 0 Å². The monoisotopic (exact) mass is 394 g/mol. The zero-order valence-corrected chi connectivity index (χ0v) is 16.1. The first kappa shape index (κ1) is 19.3. The lowest BCUT2D eigenvalue weighted by molar-refractivity contribution is -0.00689. The van der Waals surface area contributed by atoms with E-state index in [1.165, 1.54) is 10.7 Å². The Hall–Kier alpha value is -3.06. The van der Waals surface area contributed by atoms with Gasteiger partial charge in [-0.3, -0.25) is 4.79 Å². The van der Waals surface area contributed by atoms with Crippen LogP contribution in [0, 0.1) is 5.82 Å². The van der Waals surface area contributed by atoms with Crippen molar-refractivity contribution in [3.8, 4) is 0 Å². The maximum atomic E-state index is 13.8. The Morgan fingerprint density at radius 2 is 1.93 bits per heavy atom. The molecule has 150 valence electrons. The summed E-state index contributed by atoms with van der Waals surface area (Å²) in [5.74, 6) is -0.469. The van der Waals surface area contributed by atoms with Crippen molar-refractivity contribution in [2.75, 3.05) is 13.1 Å². The summed E-state index contributed by atoms with van der Waals surface area (Å²) >= 11 is 0. The molecule has 1 aromatic heterocycles. The van der Waals surface area contributed by atoms with Gasteiger partial charge >= 0.3 is 0 Å². The van der Waals surface area contributed by atoms with Crippen LogP contribution in [0.1, 0.15) is 34.5 Å². The first-order valence-corrected chi connectivity index (χ1v) is 9.77. The lowest BCUT2D eigenvalue weighted by Gasteiger charge is -2.32. The van der Waals surface area contributed by atoms with Gasteiger partial charge in [0.05, 0.1) is 25.5 Å². The fourth-order valence-corrected chi connectivity index (χ4v) is 3.48. The minimum atomic E-state index is -0.301. The highest BCUT2D eigenvalue weighted by molar-refractivity contribution is 5.92. The van der Waals surface area contributed by atoms with Gasteiger partial charge in [0.2, 0.25) is 0 Å². The molecule has 0 aliphatic carbocycles. The highest BCUT2D eigenvalue weighted by Gasteiger charge is 2.26. The molecule has 29 heavy (non-hydrogen) atoms. The third-order valence-electron chi connectivity index (χ3n) is 5.04. The molecule has 0 spiro atoms. The summed E-state index contributed by atoms with van der Waals surface area (Å²) in [4.78, 5) is 14.6. The quantitative estimate of drug-likeness (QED) is 0.644. The van der Waals surface area contributed by atoms with E-state index in [-0.39, 0.29) is 30.1 Å². The van der Waals surface area contributed by atoms with Crippen LogP contribution < -0.4 is 0 Å². The van der Waals surface area contributed by atoms with Crippen LogP contribution >= 0.6 is 0 Å². The molecule has 0 saturated carbocycles. The Balaban J connectivity index is 1.35. The number of amides is 1. The first-order chi connectivity index (χ1) is 14.2. The summed E-state index contributed by atoms with van der Waals surface area (Å²) in [6.45, 7) is 1.97. The Morgan fingerprint density at radius 3 is 2.76 bits per heavy atom. The minimum Gasteiger partial charge on any atom is -0.372 e.